The lowest BCUT2D eigenvalue weighted by atomic mass is 9.99. The van der Waals surface area contributed by atoms with Crippen LogP contribution in [-0.4, -0.2) is 22.5 Å². The van der Waals surface area contributed by atoms with Gasteiger partial charge >= 0.3 is 0 Å². The number of benzene rings is 3. The van der Waals surface area contributed by atoms with Crippen molar-refractivity contribution < 1.29 is 9.53 Å². The van der Waals surface area contributed by atoms with Crippen LogP contribution in [0.3, 0.4) is 0 Å². The van der Waals surface area contributed by atoms with Gasteiger partial charge in [0.2, 0.25) is 0 Å². The molecule has 0 unspecified atom stereocenters. The van der Waals surface area contributed by atoms with Crippen LogP contribution in [0.4, 0.5) is 10.8 Å². The van der Waals surface area contributed by atoms with Gasteiger partial charge in [-0.05, 0) is 48.4 Å². The Labute approximate surface area is 233 Å². The van der Waals surface area contributed by atoms with E-state index in [1.807, 2.05) is 103 Å². The van der Waals surface area contributed by atoms with Gasteiger partial charge in [0, 0.05) is 21.9 Å². The molecule has 3 aromatic heterocycles. The fourth-order valence-electron chi connectivity index (χ4n) is 4.40. The number of carbonyl (C=O) groups is 1. The van der Waals surface area contributed by atoms with Crippen molar-refractivity contribution in [2.45, 2.75) is 6.92 Å². The molecule has 0 aliphatic heterocycles. The van der Waals surface area contributed by atoms with E-state index in [4.69, 9.17) is 15.5 Å². The quantitative estimate of drug-likeness (QED) is 0.211. The first-order chi connectivity index (χ1) is 19.1. The van der Waals surface area contributed by atoms with Gasteiger partial charge in [-0.2, -0.15) is 0 Å². The summed E-state index contributed by atoms with van der Waals surface area (Å²) in [5.74, 6) is 0.508. The Hall–Kier alpha value is -4.53. The van der Waals surface area contributed by atoms with Crippen LogP contribution in [0.5, 0.6) is 5.75 Å². The molecule has 192 valence electrons. The van der Waals surface area contributed by atoms with E-state index in [9.17, 15) is 4.79 Å². The van der Waals surface area contributed by atoms with Gasteiger partial charge in [-0.1, -0.05) is 60.7 Å². The number of carbonyl (C=O) groups excluding carboxylic acids is 1. The molecule has 6 nitrogen and oxygen atoms in total. The second-order valence-electron chi connectivity index (χ2n) is 8.76. The van der Waals surface area contributed by atoms with Crippen molar-refractivity contribution in [1.82, 2.24) is 9.97 Å². The van der Waals surface area contributed by atoms with E-state index in [1.165, 1.54) is 22.7 Å². The summed E-state index contributed by atoms with van der Waals surface area (Å²) in [6.07, 6.45) is 0. The van der Waals surface area contributed by atoms with Gasteiger partial charge in [-0.25, -0.2) is 9.97 Å². The molecule has 3 aromatic carbocycles. The zero-order chi connectivity index (χ0) is 26.8. The number of nitrogen functional groups attached to an aromatic ring is 1. The fourth-order valence-corrected chi connectivity index (χ4v) is 6.13. The van der Waals surface area contributed by atoms with Gasteiger partial charge in [0.25, 0.3) is 5.91 Å². The third-order valence-electron chi connectivity index (χ3n) is 6.25. The van der Waals surface area contributed by atoms with Gasteiger partial charge in [-0.3, -0.25) is 10.1 Å². The molecule has 0 spiro atoms. The van der Waals surface area contributed by atoms with Crippen molar-refractivity contribution in [3.8, 4) is 39.4 Å². The van der Waals surface area contributed by atoms with Gasteiger partial charge < -0.3 is 10.5 Å². The molecule has 0 fully saturated rings. The normalized spacial score (nSPS) is 11.0. The number of anilines is 2. The van der Waals surface area contributed by atoms with Crippen LogP contribution in [-0.2, 0) is 0 Å². The average molecular weight is 549 g/mol. The number of amides is 1. The number of hydrogen-bond donors (Lipinski definition) is 2. The molecule has 0 saturated heterocycles. The van der Waals surface area contributed by atoms with Crippen molar-refractivity contribution in [3.05, 3.63) is 101 Å². The summed E-state index contributed by atoms with van der Waals surface area (Å²) in [5, 5.41) is 6.15. The number of nitrogens with zero attached hydrogens (tertiary/aromatic N) is 2. The number of nitrogens with two attached hydrogens (primary N) is 1. The number of thiazole rings is 1. The molecule has 0 aliphatic rings. The lowest BCUT2D eigenvalue weighted by Gasteiger charge is -2.09. The van der Waals surface area contributed by atoms with Crippen molar-refractivity contribution in [3.63, 3.8) is 0 Å². The minimum Gasteiger partial charge on any atom is -0.494 e. The zero-order valence-electron chi connectivity index (χ0n) is 21.0. The maximum Gasteiger partial charge on any atom is 0.269 e. The molecule has 0 aliphatic carbocycles. The minimum atomic E-state index is -0.300. The molecule has 6 rings (SSSR count). The van der Waals surface area contributed by atoms with Crippen molar-refractivity contribution >= 4 is 49.6 Å². The Morgan fingerprint density at radius 1 is 0.872 bits per heavy atom. The molecule has 3 N–H and O–H groups in total. The molecule has 0 atom stereocenters. The molecule has 8 heteroatoms. The predicted octanol–water partition coefficient (Wildman–Crippen LogP) is 7.99. The minimum absolute atomic E-state index is 0.300. The van der Waals surface area contributed by atoms with Crippen LogP contribution in [0.25, 0.3) is 43.9 Å². The number of nitrogens with one attached hydrogen (secondary N) is 1. The van der Waals surface area contributed by atoms with Crippen LogP contribution in [0.2, 0.25) is 0 Å². The first kappa shape index (κ1) is 24.8. The number of ether oxygens (including phenoxy) is 1. The van der Waals surface area contributed by atoms with E-state index < -0.39 is 0 Å². The third kappa shape index (κ3) is 4.99. The lowest BCUT2D eigenvalue weighted by molar-refractivity contribution is 0.103. The van der Waals surface area contributed by atoms with E-state index in [1.54, 1.807) is 0 Å². The number of thiophene rings is 1. The maximum atomic E-state index is 13.4. The Morgan fingerprint density at radius 3 is 2.23 bits per heavy atom. The summed E-state index contributed by atoms with van der Waals surface area (Å²) < 4.78 is 5.60. The molecule has 39 heavy (non-hydrogen) atoms. The van der Waals surface area contributed by atoms with Crippen molar-refractivity contribution in [2.24, 2.45) is 0 Å². The lowest BCUT2D eigenvalue weighted by Crippen LogP contribution is -2.11. The number of aromatic nitrogens is 2. The number of fused-ring (bicyclic) bond motifs is 1. The largest absolute Gasteiger partial charge is 0.494 e. The van der Waals surface area contributed by atoms with Crippen LogP contribution in [0.1, 0.15) is 16.6 Å². The van der Waals surface area contributed by atoms with Crippen LogP contribution >= 0.6 is 22.7 Å². The van der Waals surface area contributed by atoms with E-state index in [0.29, 0.717) is 27.1 Å². The molecule has 0 saturated carbocycles. The Morgan fingerprint density at radius 2 is 1.54 bits per heavy atom. The van der Waals surface area contributed by atoms with Gasteiger partial charge in [0.05, 0.1) is 23.7 Å². The summed E-state index contributed by atoms with van der Waals surface area (Å²) in [6.45, 7) is 2.57. The van der Waals surface area contributed by atoms with Crippen LogP contribution in [0, 0.1) is 0 Å². The summed E-state index contributed by atoms with van der Waals surface area (Å²) in [6, 6.07) is 29.8. The monoisotopic (exact) mass is 548 g/mol. The van der Waals surface area contributed by atoms with Gasteiger partial charge in [-0.15, -0.1) is 22.7 Å². The second kappa shape index (κ2) is 10.7. The predicted molar refractivity (Wildman–Crippen MR) is 162 cm³/mol. The summed E-state index contributed by atoms with van der Waals surface area (Å²) >= 11 is 2.67. The Kier molecular flexibility index (Phi) is 6.79. The summed E-state index contributed by atoms with van der Waals surface area (Å²) in [7, 11) is 0. The SMILES string of the molecule is CCOc1ccc(-c2cc(-c3ccccc3)c3c(N)c(C(=O)Nc4nc(-c5ccccc5)cs4)sc3n2)cc1. The van der Waals surface area contributed by atoms with E-state index in [2.05, 4.69) is 10.3 Å². The van der Waals surface area contributed by atoms with Crippen molar-refractivity contribution in [2.75, 3.05) is 17.7 Å². The second-order valence-corrected chi connectivity index (χ2v) is 10.6. The number of pyridine rings is 1. The summed E-state index contributed by atoms with van der Waals surface area (Å²) in [5.41, 5.74) is 12.5. The first-order valence-electron chi connectivity index (χ1n) is 12.4. The van der Waals surface area contributed by atoms with Crippen LogP contribution in [0.15, 0.2) is 96.4 Å². The molecular weight excluding hydrogens is 525 g/mol. The van der Waals surface area contributed by atoms with E-state index >= 15 is 0 Å². The first-order valence-corrected chi connectivity index (χ1v) is 14.1. The molecule has 0 radical (unpaired) electrons. The highest BCUT2D eigenvalue weighted by molar-refractivity contribution is 7.21. The maximum absolute atomic E-state index is 13.4. The van der Waals surface area contributed by atoms with Crippen LogP contribution < -0.4 is 15.8 Å². The Bertz CT molecular complexity index is 1760. The Balaban J connectivity index is 1.39. The molecule has 6 aromatic rings. The highest BCUT2D eigenvalue weighted by atomic mass is 32.1. The van der Waals surface area contributed by atoms with Crippen molar-refractivity contribution in [1.29, 1.82) is 0 Å². The topological polar surface area (TPSA) is 90.1 Å². The summed E-state index contributed by atoms with van der Waals surface area (Å²) in [4.78, 5) is 24.0. The highest BCUT2D eigenvalue weighted by Crippen LogP contribution is 2.42. The average Bonchev–Trinajstić information content (AvgIpc) is 3.58. The van der Waals surface area contributed by atoms with Gasteiger partial charge in [0.15, 0.2) is 5.13 Å². The van der Waals surface area contributed by atoms with Gasteiger partial charge in [0.1, 0.15) is 15.5 Å². The number of hydrogen-bond acceptors (Lipinski definition) is 7. The molecule has 0 bridgehead atoms. The molecular formula is C31H24N4O2S2. The van der Waals surface area contributed by atoms with E-state index in [0.717, 1.165) is 44.8 Å². The highest BCUT2D eigenvalue weighted by Gasteiger charge is 2.22. The molecule has 1 amide bonds. The standard InChI is InChI=1S/C31H24N4O2S2/c1-2-37-22-15-13-21(14-16-22)24-17-23(19-9-5-3-6-10-19)26-27(32)28(39-30(26)33-24)29(36)35-31-34-25(18-38-31)20-11-7-4-8-12-20/h3-18H,2,32H2,1H3,(H,34,35,36). The smallest absolute Gasteiger partial charge is 0.269 e. The number of rotatable bonds is 7. The molecule has 3 heterocycles. The zero-order valence-corrected chi connectivity index (χ0v) is 22.7. The fraction of sp³-hybridized carbons (Fsp3) is 0.0645. The third-order valence-corrected chi connectivity index (χ3v) is 8.10. The van der Waals surface area contributed by atoms with E-state index in [-0.39, 0.29) is 5.91 Å².